The van der Waals surface area contributed by atoms with Crippen molar-refractivity contribution in [3.05, 3.63) is 20.2 Å². The fourth-order valence-electron chi connectivity index (χ4n) is 1.35. The number of halogens is 2. The number of methoxy groups -OCH3 is 1. The molecule has 0 saturated heterocycles. The minimum Gasteiger partial charge on any atom is -0.381 e. The van der Waals surface area contributed by atoms with E-state index in [4.69, 9.17) is 16.3 Å². The van der Waals surface area contributed by atoms with Crippen molar-refractivity contribution in [3.63, 3.8) is 0 Å². The average molecular weight is 355 g/mol. The highest BCUT2D eigenvalue weighted by Gasteiger charge is 2.12. The van der Waals surface area contributed by atoms with Crippen molar-refractivity contribution >= 4 is 34.2 Å². The summed E-state index contributed by atoms with van der Waals surface area (Å²) in [6, 6.07) is 0. The highest BCUT2D eigenvalue weighted by molar-refractivity contribution is 14.1. The first kappa shape index (κ1) is 14.1. The summed E-state index contributed by atoms with van der Waals surface area (Å²) in [7, 11) is 1.69. The molecule has 1 heterocycles. The lowest BCUT2D eigenvalue weighted by atomic mass is 10.2. The Kier molecular flexibility index (Phi) is 5.92. The van der Waals surface area contributed by atoms with Gasteiger partial charge in [-0.1, -0.05) is 24.9 Å². The summed E-state index contributed by atoms with van der Waals surface area (Å²) < 4.78 is 6.17. The smallest absolute Gasteiger partial charge is 0.146 e. The summed E-state index contributed by atoms with van der Waals surface area (Å²) in [4.78, 5) is 8.80. The molecule has 16 heavy (non-hydrogen) atoms. The summed E-state index contributed by atoms with van der Waals surface area (Å²) in [5, 5.41) is 0.553. The maximum absolute atomic E-state index is 6.08. The first-order valence-corrected chi connectivity index (χ1v) is 6.77. The van der Waals surface area contributed by atoms with Gasteiger partial charge >= 0.3 is 0 Å². The van der Waals surface area contributed by atoms with E-state index in [9.17, 15) is 0 Å². The first-order valence-electron chi connectivity index (χ1n) is 5.32. The third kappa shape index (κ3) is 3.82. The third-order valence-electron chi connectivity index (χ3n) is 2.28. The van der Waals surface area contributed by atoms with E-state index >= 15 is 0 Å². The van der Waals surface area contributed by atoms with Crippen LogP contribution in [0.15, 0.2) is 0 Å². The molecule has 0 spiro atoms. The zero-order chi connectivity index (χ0) is 12.1. The largest absolute Gasteiger partial charge is 0.381 e. The number of aryl methyl sites for hydroxylation is 1. The molecule has 3 nitrogen and oxygen atoms in total. The van der Waals surface area contributed by atoms with Crippen LogP contribution < -0.4 is 0 Å². The molecule has 0 N–H and O–H groups in total. The molecule has 0 aliphatic carbocycles. The Labute approximate surface area is 115 Å². The Morgan fingerprint density at radius 2 is 2.12 bits per heavy atom. The van der Waals surface area contributed by atoms with Crippen molar-refractivity contribution in [2.75, 3.05) is 7.11 Å². The monoisotopic (exact) mass is 354 g/mol. The number of hydrogen-bond acceptors (Lipinski definition) is 3. The van der Waals surface area contributed by atoms with Gasteiger partial charge in [0, 0.05) is 13.5 Å². The van der Waals surface area contributed by atoms with Crippen molar-refractivity contribution in [2.45, 2.75) is 39.2 Å². The van der Waals surface area contributed by atoms with Gasteiger partial charge in [0.1, 0.15) is 11.0 Å². The molecule has 0 amide bonds. The maximum Gasteiger partial charge on any atom is 0.146 e. The van der Waals surface area contributed by atoms with E-state index in [1.165, 1.54) is 0 Å². The quantitative estimate of drug-likeness (QED) is 0.601. The molecule has 1 aromatic heterocycles. The first-order chi connectivity index (χ1) is 7.58. The predicted octanol–water partition coefficient (Wildman–Crippen LogP) is 3.26. The van der Waals surface area contributed by atoms with Crippen molar-refractivity contribution in [1.82, 2.24) is 9.97 Å². The standard InChI is InChI=1S/C11H16ClIN2O/c1-4-5-8-10(13)11(12)15-9(14-8)6-7(2)16-3/h7H,4-6H2,1-3H3. The molecule has 0 radical (unpaired) electrons. The van der Waals surface area contributed by atoms with Crippen LogP contribution in [0.1, 0.15) is 31.8 Å². The van der Waals surface area contributed by atoms with Crippen LogP contribution >= 0.6 is 34.2 Å². The van der Waals surface area contributed by atoms with Crippen LogP contribution in [0.3, 0.4) is 0 Å². The highest BCUT2D eigenvalue weighted by atomic mass is 127. The van der Waals surface area contributed by atoms with Crippen LogP contribution in [0, 0.1) is 3.57 Å². The summed E-state index contributed by atoms with van der Waals surface area (Å²) in [6.07, 6.45) is 2.81. The molecule has 5 heteroatoms. The van der Waals surface area contributed by atoms with Crippen LogP contribution in [0.2, 0.25) is 5.15 Å². The number of ether oxygens (including phenoxy) is 1. The molecule has 0 aromatic carbocycles. The predicted molar refractivity (Wildman–Crippen MR) is 73.9 cm³/mol. The van der Waals surface area contributed by atoms with Crippen LogP contribution in [-0.2, 0) is 17.6 Å². The summed E-state index contributed by atoms with van der Waals surface area (Å²) in [6.45, 7) is 4.12. The van der Waals surface area contributed by atoms with Gasteiger partial charge in [0.25, 0.3) is 0 Å². The van der Waals surface area contributed by atoms with Gasteiger partial charge in [0.2, 0.25) is 0 Å². The molecule has 1 aromatic rings. The molecule has 1 atom stereocenters. The second-order valence-electron chi connectivity index (χ2n) is 3.69. The van der Waals surface area contributed by atoms with Crippen molar-refractivity contribution in [2.24, 2.45) is 0 Å². The number of rotatable bonds is 5. The number of nitrogens with zero attached hydrogens (tertiary/aromatic N) is 2. The van der Waals surface area contributed by atoms with Gasteiger partial charge in [-0.05, 0) is 35.9 Å². The molecule has 0 bridgehead atoms. The van der Waals surface area contributed by atoms with E-state index in [0.717, 1.165) is 27.9 Å². The molecule has 0 fully saturated rings. The molecule has 1 unspecified atom stereocenters. The van der Waals surface area contributed by atoms with Gasteiger partial charge < -0.3 is 4.74 Å². The van der Waals surface area contributed by atoms with Crippen LogP contribution in [-0.4, -0.2) is 23.2 Å². The molecule has 90 valence electrons. The van der Waals surface area contributed by atoms with Crippen molar-refractivity contribution in [3.8, 4) is 0 Å². The summed E-state index contributed by atoms with van der Waals surface area (Å²) in [5.41, 5.74) is 1.04. The second-order valence-corrected chi connectivity index (χ2v) is 5.13. The zero-order valence-corrected chi connectivity index (χ0v) is 12.7. The SMILES string of the molecule is CCCc1nc(CC(C)OC)nc(Cl)c1I. The van der Waals surface area contributed by atoms with Crippen molar-refractivity contribution < 1.29 is 4.74 Å². The molecule has 0 saturated carbocycles. The number of aromatic nitrogens is 2. The Hall–Kier alpha value is 0.0600. The molecule has 1 rings (SSSR count). The topological polar surface area (TPSA) is 35.0 Å². The average Bonchev–Trinajstić information content (AvgIpc) is 2.25. The lowest BCUT2D eigenvalue weighted by Gasteiger charge is -2.10. The van der Waals surface area contributed by atoms with E-state index in [2.05, 4.69) is 39.5 Å². The zero-order valence-electron chi connectivity index (χ0n) is 9.76. The minimum absolute atomic E-state index is 0.116. The Morgan fingerprint density at radius 3 is 2.69 bits per heavy atom. The molecule has 0 aliphatic heterocycles. The van der Waals surface area contributed by atoms with Gasteiger partial charge in [-0.3, -0.25) is 0 Å². The Bertz CT molecular complexity index is 360. The van der Waals surface area contributed by atoms with E-state index in [1.807, 2.05) is 6.92 Å². The van der Waals surface area contributed by atoms with Gasteiger partial charge in [-0.15, -0.1) is 0 Å². The van der Waals surface area contributed by atoms with Gasteiger partial charge in [0.05, 0.1) is 15.4 Å². The number of hydrogen-bond donors (Lipinski definition) is 0. The fourth-order valence-corrected chi connectivity index (χ4v) is 2.06. The van der Waals surface area contributed by atoms with E-state index < -0.39 is 0 Å². The van der Waals surface area contributed by atoms with Gasteiger partial charge in [-0.25, -0.2) is 9.97 Å². The highest BCUT2D eigenvalue weighted by Crippen LogP contribution is 2.20. The Balaban J connectivity index is 2.94. The molecular formula is C11H16ClIN2O. The third-order valence-corrected chi connectivity index (χ3v) is 4.01. The van der Waals surface area contributed by atoms with E-state index in [-0.39, 0.29) is 6.10 Å². The van der Waals surface area contributed by atoms with Gasteiger partial charge in [0.15, 0.2) is 0 Å². The lowest BCUT2D eigenvalue weighted by Crippen LogP contribution is -2.13. The second kappa shape index (κ2) is 6.71. The van der Waals surface area contributed by atoms with Crippen LogP contribution in [0.4, 0.5) is 0 Å². The minimum atomic E-state index is 0.116. The maximum atomic E-state index is 6.08. The van der Waals surface area contributed by atoms with E-state index in [1.54, 1.807) is 7.11 Å². The summed E-state index contributed by atoms with van der Waals surface area (Å²) >= 11 is 8.28. The molecular weight excluding hydrogens is 338 g/mol. The van der Waals surface area contributed by atoms with E-state index in [0.29, 0.717) is 11.6 Å². The van der Waals surface area contributed by atoms with Gasteiger partial charge in [-0.2, -0.15) is 0 Å². The normalized spacial score (nSPS) is 12.8. The Morgan fingerprint density at radius 1 is 1.44 bits per heavy atom. The fraction of sp³-hybridized carbons (Fsp3) is 0.636. The lowest BCUT2D eigenvalue weighted by molar-refractivity contribution is 0.117. The van der Waals surface area contributed by atoms with Crippen LogP contribution in [0.5, 0.6) is 0 Å². The van der Waals surface area contributed by atoms with Crippen molar-refractivity contribution in [1.29, 1.82) is 0 Å². The molecule has 0 aliphatic rings. The van der Waals surface area contributed by atoms with Crippen LogP contribution in [0.25, 0.3) is 0 Å². The summed E-state index contributed by atoms with van der Waals surface area (Å²) in [5.74, 6) is 0.767.